The van der Waals surface area contributed by atoms with Crippen molar-refractivity contribution in [1.82, 2.24) is 9.97 Å². The van der Waals surface area contributed by atoms with Crippen LogP contribution in [0.4, 0.5) is 8.78 Å². The first kappa shape index (κ1) is 24.6. The normalized spacial score (nSPS) is 15.5. The largest absolute Gasteiger partial charge is 0.496 e. The van der Waals surface area contributed by atoms with Crippen molar-refractivity contribution >= 4 is 21.8 Å². The summed E-state index contributed by atoms with van der Waals surface area (Å²) < 4.78 is 34.9. The highest BCUT2D eigenvalue weighted by Crippen LogP contribution is 2.59. The van der Waals surface area contributed by atoms with Gasteiger partial charge in [0, 0.05) is 39.1 Å². The van der Waals surface area contributed by atoms with Gasteiger partial charge >= 0.3 is 0 Å². The molecular weight excluding hydrogens is 526 g/mol. The summed E-state index contributed by atoms with van der Waals surface area (Å²) >= 11 is 0. The number of para-hydroxylation sites is 1. The van der Waals surface area contributed by atoms with Gasteiger partial charge < -0.3 is 14.7 Å². The van der Waals surface area contributed by atoms with Crippen LogP contribution in [0.5, 0.6) is 5.75 Å². The number of aromatic nitrogens is 2. The number of ether oxygens (including phenoxy) is 1. The molecule has 8 rings (SSSR count). The van der Waals surface area contributed by atoms with Crippen LogP contribution in [0.25, 0.3) is 21.8 Å². The van der Waals surface area contributed by atoms with Gasteiger partial charge in [0.15, 0.2) is 0 Å². The molecule has 2 aromatic heterocycles. The first-order chi connectivity index (χ1) is 20.6. The van der Waals surface area contributed by atoms with Crippen LogP contribution in [-0.4, -0.2) is 17.1 Å². The molecule has 5 aromatic carbocycles. The van der Waals surface area contributed by atoms with Gasteiger partial charge in [-0.25, -0.2) is 8.78 Å². The Hall–Kier alpha value is -5.16. The van der Waals surface area contributed by atoms with Crippen molar-refractivity contribution in [1.29, 1.82) is 0 Å². The van der Waals surface area contributed by atoms with Gasteiger partial charge in [-0.05, 0) is 70.3 Å². The number of hydrogen-bond donors (Lipinski definition) is 2. The second-order valence-electron chi connectivity index (χ2n) is 10.9. The van der Waals surface area contributed by atoms with Gasteiger partial charge in [-0.2, -0.15) is 0 Å². The number of hydrogen-bond acceptors (Lipinski definition) is 1. The van der Waals surface area contributed by atoms with Crippen LogP contribution in [-0.2, 0) is 5.41 Å². The Balaban J connectivity index is 1.64. The minimum atomic E-state index is -0.944. The molecule has 5 heteroatoms. The third-order valence-corrected chi connectivity index (χ3v) is 8.81. The molecule has 2 N–H and O–H groups in total. The number of aromatic amines is 2. The number of fused-ring (bicyclic) bond motifs is 6. The molecule has 1 unspecified atom stereocenters. The minimum absolute atomic E-state index is 0.147. The lowest BCUT2D eigenvalue weighted by Gasteiger charge is -2.41. The molecule has 0 bridgehead atoms. The van der Waals surface area contributed by atoms with Gasteiger partial charge in [-0.15, -0.1) is 0 Å². The van der Waals surface area contributed by atoms with Crippen molar-refractivity contribution in [2.24, 2.45) is 0 Å². The average Bonchev–Trinajstić information content (AvgIpc) is 3.61. The lowest BCUT2D eigenvalue weighted by molar-refractivity contribution is 0.419. The van der Waals surface area contributed by atoms with Crippen molar-refractivity contribution in [3.8, 4) is 5.75 Å². The highest BCUT2D eigenvalue weighted by atomic mass is 19.1. The van der Waals surface area contributed by atoms with Crippen molar-refractivity contribution in [2.45, 2.75) is 11.3 Å². The summed E-state index contributed by atoms with van der Waals surface area (Å²) in [5, 5.41) is 2.10. The lowest BCUT2D eigenvalue weighted by Crippen LogP contribution is -2.38. The molecular formula is C37H26F2N2O. The van der Waals surface area contributed by atoms with Gasteiger partial charge in [-0.1, -0.05) is 78.9 Å². The van der Waals surface area contributed by atoms with Gasteiger partial charge in [0.05, 0.1) is 7.11 Å². The molecule has 1 aliphatic rings. The van der Waals surface area contributed by atoms with Gasteiger partial charge in [0.2, 0.25) is 0 Å². The zero-order valence-electron chi connectivity index (χ0n) is 22.8. The van der Waals surface area contributed by atoms with Crippen LogP contribution in [0.3, 0.4) is 0 Å². The highest BCUT2D eigenvalue weighted by molar-refractivity contribution is 5.98. The van der Waals surface area contributed by atoms with Crippen molar-refractivity contribution in [2.75, 3.05) is 7.11 Å². The maximum absolute atomic E-state index is 14.5. The lowest BCUT2D eigenvalue weighted by atomic mass is 9.61. The number of rotatable bonds is 4. The van der Waals surface area contributed by atoms with Crippen LogP contribution in [0.2, 0.25) is 0 Å². The predicted octanol–water partition coefficient (Wildman–Crippen LogP) is 8.81. The first-order valence-corrected chi connectivity index (χ1v) is 14.0. The number of H-pyrrole nitrogens is 2. The third kappa shape index (κ3) is 3.31. The van der Waals surface area contributed by atoms with Crippen LogP contribution >= 0.6 is 0 Å². The Kier molecular flexibility index (Phi) is 5.38. The average molecular weight is 553 g/mol. The van der Waals surface area contributed by atoms with Gasteiger partial charge in [0.1, 0.15) is 22.8 Å². The number of halogens is 2. The topological polar surface area (TPSA) is 40.8 Å². The predicted molar refractivity (Wildman–Crippen MR) is 162 cm³/mol. The Morgan fingerprint density at radius 2 is 1.17 bits per heavy atom. The molecule has 0 amide bonds. The highest BCUT2D eigenvalue weighted by Gasteiger charge is 2.51. The second-order valence-corrected chi connectivity index (χ2v) is 10.9. The molecule has 0 saturated heterocycles. The second kappa shape index (κ2) is 9.18. The minimum Gasteiger partial charge on any atom is -0.496 e. The molecule has 42 heavy (non-hydrogen) atoms. The fourth-order valence-corrected chi connectivity index (χ4v) is 7.15. The fourth-order valence-electron chi connectivity index (χ4n) is 7.15. The van der Waals surface area contributed by atoms with E-state index in [0.29, 0.717) is 0 Å². The maximum Gasteiger partial charge on any atom is 0.128 e. The molecule has 0 radical (unpaired) electrons. The van der Waals surface area contributed by atoms with Crippen LogP contribution in [0.1, 0.15) is 45.1 Å². The van der Waals surface area contributed by atoms with Crippen LogP contribution in [0.15, 0.2) is 121 Å². The Morgan fingerprint density at radius 3 is 1.83 bits per heavy atom. The third-order valence-electron chi connectivity index (χ3n) is 8.81. The molecule has 3 nitrogen and oxygen atoms in total. The smallest absolute Gasteiger partial charge is 0.128 e. The van der Waals surface area contributed by atoms with E-state index in [1.807, 2.05) is 48.5 Å². The zero-order valence-corrected chi connectivity index (χ0v) is 22.8. The van der Waals surface area contributed by atoms with Crippen LogP contribution in [0, 0.1) is 11.6 Å². The van der Waals surface area contributed by atoms with Gasteiger partial charge in [0.25, 0.3) is 0 Å². The van der Waals surface area contributed by atoms with Crippen LogP contribution < -0.4 is 4.74 Å². The molecule has 0 aliphatic heterocycles. The SMILES string of the molecule is COc1cccc2[nH]c3c(c12)C(c1ccccc1)c1c([nH]c2ccccc12)C3(c1ccc(F)cc1)c1ccc(F)cc1. The molecule has 204 valence electrons. The van der Waals surface area contributed by atoms with E-state index < -0.39 is 5.41 Å². The van der Waals surface area contributed by atoms with E-state index in [1.54, 1.807) is 7.11 Å². The zero-order chi connectivity index (χ0) is 28.4. The summed E-state index contributed by atoms with van der Waals surface area (Å²) in [7, 11) is 1.69. The molecule has 0 spiro atoms. The Labute approximate surface area is 241 Å². The van der Waals surface area contributed by atoms with Crippen molar-refractivity contribution in [3.05, 3.63) is 172 Å². The quantitative estimate of drug-likeness (QED) is 0.225. The molecule has 1 atom stereocenters. The maximum atomic E-state index is 14.5. The molecule has 1 aliphatic carbocycles. The summed E-state index contributed by atoms with van der Waals surface area (Å²) in [6, 6.07) is 38.2. The molecule has 2 heterocycles. The van der Waals surface area contributed by atoms with Crippen molar-refractivity contribution < 1.29 is 13.5 Å². The van der Waals surface area contributed by atoms with E-state index >= 15 is 0 Å². The van der Waals surface area contributed by atoms with E-state index in [-0.39, 0.29) is 17.6 Å². The number of nitrogens with one attached hydrogen (secondary N) is 2. The molecule has 7 aromatic rings. The summed E-state index contributed by atoms with van der Waals surface area (Å²) in [4.78, 5) is 7.61. The monoisotopic (exact) mass is 552 g/mol. The first-order valence-electron chi connectivity index (χ1n) is 14.0. The standard InChI is InChI=1S/C37H26F2N2O/c1-42-30-13-7-12-29-33(30)34-31(22-8-3-2-4-9-22)32-27-10-5-6-11-28(27)40-35(32)37(36(34)41-29,23-14-18-25(38)19-15-23)24-16-20-26(39)21-17-24/h2-21,31,40-41H,1H3. The Bertz CT molecular complexity index is 2050. The van der Waals surface area contributed by atoms with Gasteiger partial charge in [-0.3, -0.25) is 0 Å². The van der Waals surface area contributed by atoms with Crippen molar-refractivity contribution in [3.63, 3.8) is 0 Å². The number of methoxy groups -OCH3 is 1. The summed E-state index contributed by atoms with van der Waals surface area (Å²) in [6.07, 6.45) is 0. The Morgan fingerprint density at radius 1 is 0.595 bits per heavy atom. The summed E-state index contributed by atoms with van der Waals surface area (Å²) in [5.41, 5.74) is 7.97. The summed E-state index contributed by atoms with van der Waals surface area (Å²) in [6.45, 7) is 0. The number of benzene rings is 5. The van der Waals surface area contributed by atoms with E-state index in [9.17, 15) is 8.78 Å². The fraction of sp³-hybridized carbons (Fsp3) is 0.0811. The van der Waals surface area contributed by atoms with E-state index in [4.69, 9.17) is 4.74 Å². The van der Waals surface area contributed by atoms with E-state index in [2.05, 4.69) is 58.5 Å². The molecule has 0 saturated carbocycles. The van der Waals surface area contributed by atoms with E-state index in [0.717, 1.165) is 66.8 Å². The molecule has 0 fully saturated rings. The summed E-state index contributed by atoms with van der Waals surface area (Å²) in [5.74, 6) is -0.0180. The van der Waals surface area contributed by atoms with E-state index in [1.165, 1.54) is 24.3 Å².